The van der Waals surface area contributed by atoms with E-state index in [1.54, 1.807) is 6.20 Å². The molecule has 2 atom stereocenters. The third kappa shape index (κ3) is 3.09. The molecule has 1 saturated carbocycles. The third-order valence-electron chi connectivity index (χ3n) is 4.64. The Morgan fingerprint density at radius 1 is 1.67 bits per heavy atom. The van der Waals surface area contributed by atoms with Gasteiger partial charge in [-0.15, -0.1) is 0 Å². The molecule has 118 valence electrons. The lowest BCUT2D eigenvalue weighted by atomic mass is 9.84. The number of aryl methyl sites for hydroxylation is 1. The first kappa shape index (κ1) is 16.3. The first-order chi connectivity index (χ1) is 10.0. The van der Waals surface area contributed by atoms with Crippen molar-refractivity contribution >= 4 is 17.6 Å². The minimum absolute atomic E-state index is 0.120. The summed E-state index contributed by atoms with van der Waals surface area (Å²) in [4.78, 5) is 12.4. The number of hydrogen-bond acceptors (Lipinski definition) is 4. The second-order valence-electron chi connectivity index (χ2n) is 5.62. The molecule has 0 amide bonds. The Morgan fingerprint density at radius 2 is 2.43 bits per heavy atom. The van der Waals surface area contributed by atoms with Gasteiger partial charge in [-0.2, -0.15) is 5.10 Å². The van der Waals surface area contributed by atoms with Crippen LogP contribution in [-0.4, -0.2) is 34.9 Å². The molecule has 0 spiro atoms. The molecule has 1 aromatic heterocycles. The zero-order chi connectivity index (χ0) is 15.5. The van der Waals surface area contributed by atoms with E-state index in [0.29, 0.717) is 11.6 Å². The molecule has 5 nitrogen and oxygen atoms in total. The van der Waals surface area contributed by atoms with E-state index in [1.165, 1.54) is 0 Å². The van der Waals surface area contributed by atoms with E-state index >= 15 is 0 Å². The Hall–Kier alpha value is -1.07. The van der Waals surface area contributed by atoms with Crippen molar-refractivity contribution in [3.8, 4) is 0 Å². The Kier molecular flexibility index (Phi) is 5.27. The third-order valence-corrected chi connectivity index (χ3v) is 5.01. The molecular weight excluding hydrogens is 290 g/mol. The maximum absolute atomic E-state index is 12.4. The maximum Gasteiger partial charge on any atom is 0.326 e. The molecule has 2 rings (SSSR count). The predicted molar refractivity (Wildman–Crippen MR) is 82.4 cm³/mol. The van der Waals surface area contributed by atoms with Gasteiger partial charge >= 0.3 is 5.97 Å². The van der Waals surface area contributed by atoms with Gasteiger partial charge in [0, 0.05) is 6.54 Å². The fraction of sp³-hybridized carbons (Fsp3) is 0.733. The van der Waals surface area contributed by atoms with Gasteiger partial charge in [0.05, 0.1) is 23.5 Å². The molecule has 21 heavy (non-hydrogen) atoms. The van der Waals surface area contributed by atoms with Crippen molar-refractivity contribution in [3.63, 3.8) is 0 Å². The number of esters is 1. The molecule has 2 unspecified atom stereocenters. The van der Waals surface area contributed by atoms with Gasteiger partial charge in [0.1, 0.15) is 5.54 Å². The SMILES string of the molecule is CCOC(=O)C1(NC)CCCC1CCn1ncc(Cl)c1C. The first-order valence-electron chi connectivity index (χ1n) is 7.59. The van der Waals surface area contributed by atoms with Gasteiger partial charge in [-0.05, 0) is 46.1 Å². The Balaban J connectivity index is 2.07. The summed E-state index contributed by atoms with van der Waals surface area (Å²) in [5.41, 5.74) is 0.432. The summed E-state index contributed by atoms with van der Waals surface area (Å²) in [6.45, 7) is 5.00. The predicted octanol–water partition coefficient (Wildman–Crippen LogP) is 2.56. The van der Waals surface area contributed by atoms with Crippen LogP contribution in [0.2, 0.25) is 5.02 Å². The number of carbonyl (C=O) groups excluding carboxylic acids is 1. The highest BCUT2D eigenvalue weighted by atomic mass is 35.5. The summed E-state index contributed by atoms with van der Waals surface area (Å²) in [5.74, 6) is 0.147. The van der Waals surface area contributed by atoms with E-state index in [-0.39, 0.29) is 11.9 Å². The quantitative estimate of drug-likeness (QED) is 0.820. The smallest absolute Gasteiger partial charge is 0.326 e. The summed E-state index contributed by atoms with van der Waals surface area (Å²) >= 11 is 6.03. The van der Waals surface area contributed by atoms with Gasteiger partial charge in [0.2, 0.25) is 0 Å². The molecule has 6 heteroatoms. The van der Waals surface area contributed by atoms with Gasteiger partial charge in [0.15, 0.2) is 0 Å². The fourth-order valence-corrected chi connectivity index (χ4v) is 3.50. The van der Waals surface area contributed by atoms with E-state index in [0.717, 1.165) is 37.9 Å². The molecular formula is C15H24ClN3O2. The molecule has 1 heterocycles. The average Bonchev–Trinajstić information content (AvgIpc) is 3.03. The number of nitrogens with one attached hydrogen (secondary N) is 1. The van der Waals surface area contributed by atoms with Crippen LogP contribution in [0.25, 0.3) is 0 Å². The number of rotatable bonds is 6. The van der Waals surface area contributed by atoms with Gasteiger partial charge in [-0.3, -0.25) is 9.48 Å². The molecule has 0 aromatic carbocycles. The van der Waals surface area contributed by atoms with Crippen molar-refractivity contribution in [1.29, 1.82) is 0 Å². The lowest BCUT2D eigenvalue weighted by Crippen LogP contribution is -2.54. The largest absolute Gasteiger partial charge is 0.465 e. The Labute approximate surface area is 131 Å². The monoisotopic (exact) mass is 313 g/mol. The summed E-state index contributed by atoms with van der Waals surface area (Å²) in [6, 6.07) is 0. The standard InChI is InChI=1S/C15H24ClN3O2/c1-4-21-14(20)15(17-3)8-5-6-12(15)7-9-19-11(2)13(16)10-18-19/h10,12,17H,4-9H2,1-3H3. The molecule has 1 aliphatic rings. The van der Waals surface area contributed by atoms with Crippen molar-refractivity contribution in [1.82, 2.24) is 15.1 Å². The highest BCUT2D eigenvalue weighted by molar-refractivity contribution is 6.31. The van der Waals surface area contributed by atoms with Gasteiger partial charge in [-0.25, -0.2) is 0 Å². The second-order valence-corrected chi connectivity index (χ2v) is 6.03. The summed E-state index contributed by atoms with van der Waals surface area (Å²) in [6.07, 6.45) is 5.48. The number of aromatic nitrogens is 2. The van der Waals surface area contributed by atoms with E-state index < -0.39 is 5.54 Å². The zero-order valence-electron chi connectivity index (χ0n) is 13.0. The molecule has 0 aliphatic heterocycles. The van der Waals surface area contributed by atoms with E-state index in [2.05, 4.69) is 10.4 Å². The minimum atomic E-state index is -0.541. The van der Waals surface area contributed by atoms with Crippen LogP contribution >= 0.6 is 11.6 Å². The molecule has 0 radical (unpaired) electrons. The van der Waals surface area contributed by atoms with E-state index in [1.807, 2.05) is 25.6 Å². The second kappa shape index (κ2) is 6.79. The van der Waals surface area contributed by atoms with Crippen LogP contribution in [0.4, 0.5) is 0 Å². The van der Waals surface area contributed by atoms with Crippen LogP contribution in [0, 0.1) is 12.8 Å². The molecule has 0 saturated heterocycles. The van der Waals surface area contributed by atoms with E-state index in [9.17, 15) is 4.79 Å². The lowest BCUT2D eigenvalue weighted by Gasteiger charge is -2.33. The average molecular weight is 314 g/mol. The Morgan fingerprint density at radius 3 is 3.00 bits per heavy atom. The highest BCUT2D eigenvalue weighted by Crippen LogP contribution is 2.39. The van der Waals surface area contributed by atoms with Crippen LogP contribution in [0.5, 0.6) is 0 Å². The number of halogens is 1. The van der Waals surface area contributed by atoms with Crippen molar-refractivity contribution in [2.45, 2.75) is 51.6 Å². The first-order valence-corrected chi connectivity index (χ1v) is 7.97. The van der Waals surface area contributed by atoms with Crippen LogP contribution < -0.4 is 5.32 Å². The van der Waals surface area contributed by atoms with Crippen molar-refractivity contribution in [3.05, 3.63) is 16.9 Å². The van der Waals surface area contributed by atoms with E-state index in [4.69, 9.17) is 16.3 Å². The zero-order valence-corrected chi connectivity index (χ0v) is 13.7. The summed E-state index contributed by atoms with van der Waals surface area (Å²) in [5, 5.41) is 8.20. The number of likely N-dealkylation sites (N-methyl/N-ethyl adjacent to an activating group) is 1. The van der Waals surface area contributed by atoms with Crippen molar-refractivity contribution < 1.29 is 9.53 Å². The molecule has 1 N–H and O–H groups in total. The van der Waals surface area contributed by atoms with Crippen LogP contribution in [0.15, 0.2) is 6.20 Å². The molecule has 0 bridgehead atoms. The molecule has 1 aliphatic carbocycles. The highest BCUT2D eigenvalue weighted by Gasteiger charge is 2.48. The van der Waals surface area contributed by atoms with Gasteiger partial charge in [-0.1, -0.05) is 18.0 Å². The van der Waals surface area contributed by atoms with Crippen LogP contribution in [-0.2, 0) is 16.1 Å². The summed E-state index contributed by atoms with van der Waals surface area (Å²) < 4.78 is 7.19. The molecule has 1 fully saturated rings. The van der Waals surface area contributed by atoms with Crippen LogP contribution in [0.1, 0.15) is 38.3 Å². The number of carbonyl (C=O) groups is 1. The normalized spacial score (nSPS) is 25.2. The molecule has 1 aromatic rings. The van der Waals surface area contributed by atoms with Crippen molar-refractivity contribution in [2.75, 3.05) is 13.7 Å². The summed E-state index contributed by atoms with van der Waals surface area (Å²) in [7, 11) is 1.85. The van der Waals surface area contributed by atoms with Crippen molar-refractivity contribution in [2.24, 2.45) is 5.92 Å². The lowest BCUT2D eigenvalue weighted by molar-refractivity contribution is -0.153. The number of nitrogens with zero attached hydrogens (tertiary/aromatic N) is 2. The Bertz CT molecular complexity index is 503. The fourth-order valence-electron chi connectivity index (χ4n) is 3.36. The minimum Gasteiger partial charge on any atom is -0.465 e. The topological polar surface area (TPSA) is 56.1 Å². The van der Waals surface area contributed by atoms with Gasteiger partial charge in [0.25, 0.3) is 0 Å². The van der Waals surface area contributed by atoms with Crippen LogP contribution in [0.3, 0.4) is 0 Å². The maximum atomic E-state index is 12.4. The number of ether oxygens (including phenoxy) is 1. The van der Waals surface area contributed by atoms with Gasteiger partial charge < -0.3 is 10.1 Å². The number of hydrogen-bond donors (Lipinski definition) is 1.